The molecule has 3 aromatic rings. The van der Waals surface area contributed by atoms with E-state index in [4.69, 9.17) is 0 Å². The molecular formula is C18H21N5O2S. The van der Waals surface area contributed by atoms with Crippen molar-refractivity contribution in [3.05, 3.63) is 52.7 Å². The molecule has 0 radical (unpaired) electrons. The van der Waals surface area contributed by atoms with Crippen LogP contribution in [0.25, 0.3) is 11.0 Å². The van der Waals surface area contributed by atoms with Crippen LogP contribution in [0.15, 0.2) is 46.5 Å². The lowest BCUT2D eigenvalue weighted by Crippen LogP contribution is -2.33. The summed E-state index contributed by atoms with van der Waals surface area (Å²) < 4.78 is 2.80. The van der Waals surface area contributed by atoms with Crippen molar-refractivity contribution < 1.29 is 4.79 Å². The zero-order valence-electron chi connectivity index (χ0n) is 15.2. The van der Waals surface area contributed by atoms with Crippen LogP contribution in [0, 0.1) is 0 Å². The van der Waals surface area contributed by atoms with Gasteiger partial charge in [-0.2, -0.15) is 5.10 Å². The number of hydrogen-bond donors (Lipinski definition) is 1. The molecular weight excluding hydrogens is 350 g/mol. The number of amides is 1. The van der Waals surface area contributed by atoms with Gasteiger partial charge in [-0.3, -0.25) is 15.0 Å². The second kappa shape index (κ2) is 6.95. The van der Waals surface area contributed by atoms with Crippen molar-refractivity contribution in [1.29, 1.82) is 0 Å². The number of rotatable bonds is 4. The van der Waals surface area contributed by atoms with E-state index in [1.165, 1.54) is 12.5 Å². The number of hydrogen-bond acceptors (Lipinski definition) is 5. The summed E-state index contributed by atoms with van der Waals surface area (Å²) in [6, 6.07) is 7.31. The number of nitrogens with zero attached hydrogens (tertiary/aromatic N) is 4. The third-order valence-electron chi connectivity index (χ3n) is 3.78. The molecule has 1 N–H and O–H groups in total. The highest BCUT2D eigenvalue weighted by atomic mass is 32.2. The Bertz CT molecular complexity index is 1020. The molecule has 1 aromatic carbocycles. The predicted octanol–water partition coefficient (Wildman–Crippen LogP) is 2.84. The van der Waals surface area contributed by atoms with Crippen molar-refractivity contribution in [2.24, 2.45) is 0 Å². The number of aromatic nitrogens is 4. The summed E-state index contributed by atoms with van der Waals surface area (Å²) in [7, 11) is 0. The van der Waals surface area contributed by atoms with Crippen LogP contribution in [-0.2, 0) is 5.54 Å². The highest BCUT2D eigenvalue weighted by molar-refractivity contribution is 7.99. The van der Waals surface area contributed by atoms with E-state index in [2.05, 4.69) is 15.5 Å². The molecule has 0 saturated carbocycles. The maximum atomic E-state index is 12.7. The molecule has 0 atom stereocenters. The van der Waals surface area contributed by atoms with Crippen LogP contribution >= 0.6 is 11.8 Å². The van der Waals surface area contributed by atoms with Crippen molar-refractivity contribution >= 4 is 28.7 Å². The molecule has 2 aromatic heterocycles. The lowest BCUT2D eigenvalue weighted by atomic mass is 10.1. The maximum Gasteiger partial charge on any atom is 0.283 e. The summed E-state index contributed by atoms with van der Waals surface area (Å²) in [5, 5.41) is 4.63. The van der Waals surface area contributed by atoms with Crippen LogP contribution in [0.2, 0.25) is 0 Å². The molecule has 0 aliphatic heterocycles. The first kappa shape index (κ1) is 18.2. The van der Waals surface area contributed by atoms with Gasteiger partial charge in [-0.25, -0.2) is 14.3 Å². The summed E-state index contributed by atoms with van der Waals surface area (Å²) in [5.74, 6) is 0.497. The molecule has 0 saturated heterocycles. The predicted molar refractivity (Wildman–Crippen MR) is 103 cm³/mol. The third-order valence-corrected chi connectivity index (χ3v) is 4.73. The molecule has 7 nitrogen and oxygen atoms in total. The fourth-order valence-electron chi connectivity index (χ4n) is 2.59. The first-order valence-electron chi connectivity index (χ1n) is 8.32. The number of carbonyl (C=O) groups excluding carboxylic acids is 1. The molecule has 0 aliphatic carbocycles. The lowest BCUT2D eigenvalue weighted by molar-refractivity contribution is 0.100. The van der Waals surface area contributed by atoms with E-state index in [1.807, 2.05) is 39.8 Å². The summed E-state index contributed by atoms with van der Waals surface area (Å²) in [5.41, 5.74) is 2.98. The Morgan fingerprint density at radius 3 is 2.69 bits per heavy atom. The topological polar surface area (TPSA) is 81.8 Å². The standard InChI is InChI=1S/C18H21N5O2S/c1-5-26-14-9-7-6-8-12(14)16(24)21-22-11-19-15-13(17(22)25)10-20-23(15)18(2,3)4/h6-11H,5H2,1-4H3,(H,21,24). The minimum atomic E-state index is -0.362. The first-order valence-corrected chi connectivity index (χ1v) is 9.30. The molecule has 3 rings (SSSR count). The second-order valence-corrected chi connectivity index (χ2v) is 8.06. The Balaban J connectivity index is 1.96. The van der Waals surface area contributed by atoms with Crippen molar-refractivity contribution in [3.63, 3.8) is 0 Å². The average molecular weight is 371 g/mol. The van der Waals surface area contributed by atoms with E-state index >= 15 is 0 Å². The van der Waals surface area contributed by atoms with Crippen molar-refractivity contribution in [3.8, 4) is 0 Å². The zero-order valence-corrected chi connectivity index (χ0v) is 16.0. The molecule has 136 valence electrons. The van der Waals surface area contributed by atoms with E-state index in [-0.39, 0.29) is 17.0 Å². The van der Waals surface area contributed by atoms with Gasteiger partial charge in [0.15, 0.2) is 5.65 Å². The molecule has 1 amide bonds. The van der Waals surface area contributed by atoms with Crippen molar-refractivity contribution in [1.82, 2.24) is 19.4 Å². The van der Waals surface area contributed by atoms with E-state index in [1.54, 1.807) is 28.6 Å². The van der Waals surface area contributed by atoms with Crippen LogP contribution < -0.4 is 11.0 Å². The number of benzene rings is 1. The molecule has 26 heavy (non-hydrogen) atoms. The summed E-state index contributed by atoms with van der Waals surface area (Å²) in [4.78, 5) is 30.5. The summed E-state index contributed by atoms with van der Waals surface area (Å²) >= 11 is 1.58. The maximum absolute atomic E-state index is 12.7. The van der Waals surface area contributed by atoms with E-state index in [0.717, 1.165) is 15.3 Å². The van der Waals surface area contributed by atoms with Crippen LogP contribution in [0.5, 0.6) is 0 Å². The van der Waals surface area contributed by atoms with Crippen molar-refractivity contribution in [2.45, 2.75) is 38.1 Å². The van der Waals surface area contributed by atoms with Gasteiger partial charge >= 0.3 is 0 Å². The van der Waals surface area contributed by atoms with E-state index in [9.17, 15) is 9.59 Å². The van der Waals surface area contributed by atoms with Gasteiger partial charge in [0, 0.05) is 4.90 Å². The Kier molecular flexibility index (Phi) is 4.86. The fourth-order valence-corrected chi connectivity index (χ4v) is 3.39. The zero-order chi connectivity index (χ0) is 18.9. The molecule has 8 heteroatoms. The van der Waals surface area contributed by atoms with E-state index < -0.39 is 0 Å². The number of nitrogens with one attached hydrogen (secondary N) is 1. The smallest absolute Gasteiger partial charge is 0.267 e. The largest absolute Gasteiger partial charge is 0.283 e. The minimum Gasteiger partial charge on any atom is -0.267 e. The quantitative estimate of drug-likeness (QED) is 0.713. The highest BCUT2D eigenvalue weighted by Crippen LogP contribution is 2.22. The summed E-state index contributed by atoms with van der Waals surface area (Å²) in [6.07, 6.45) is 2.81. The van der Waals surface area contributed by atoms with Gasteiger partial charge in [0.2, 0.25) is 0 Å². The molecule has 2 heterocycles. The Hall–Kier alpha value is -2.61. The number of carbonyl (C=O) groups is 1. The number of thioether (sulfide) groups is 1. The van der Waals surface area contributed by atoms with E-state index in [0.29, 0.717) is 16.6 Å². The SMILES string of the molecule is CCSc1ccccc1C(=O)Nn1cnc2c(cnn2C(C)(C)C)c1=O. The van der Waals surface area contributed by atoms with Gasteiger partial charge in [0.1, 0.15) is 11.7 Å². The second-order valence-electron chi connectivity index (χ2n) is 6.75. The fraction of sp³-hybridized carbons (Fsp3) is 0.333. The highest BCUT2D eigenvalue weighted by Gasteiger charge is 2.20. The van der Waals surface area contributed by atoms with Crippen LogP contribution in [0.3, 0.4) is 0 Å². The molecule has 0 unspecified atom stereocenters. The van der Waals surface area contributed by atoms with Crippen LogP contribution in [0.4, 0.5) is 0 Å². The van der Waals surface area contributed by atoms with Gasteiger partial charge in [-0.05, 0) is 38.7 Å². The van der Waals surface area contributed by atoms with Crippen LogP contribution in [-0.4, -0.2) is 31.1 Å². The average Bonchev–Trinajstić information content (AvgIpc) is 3.03. The lowest BCUT2D eigenvalue weighted by Gasteiger charge is -2.19. The Labute approximate surface area is 155 Å². The van der Waals surface area contributed by atoms with Gasteiger partial charge in [0.05, 0.1) is 17.3 Å². The van der Waals surface area contributed by atoms with Gasteiger partial charge in [-0.15, -0.1) is 11.8 Å². The Morgan fingerprint density at radius 1 is 1.27 bits per heavy atom. The number of fused-ring (bicyclic) bond motifs is 1. The minimum absolute atomic E-state index is 0.299. The first-order chi connectivity index (χ1) is 12.3. The van der Waals surface area contributed by atoms with Crippen molar-refractivity contribution in [2.75, 3.05) is 11.2 Å². The third kappa shape index (κ3) is 3.37. The van der Waals surface area contributed by atoms with Crippen LogP contribution in [0.1, 0.15) is 38.1 Å². The normalized spacial score (nSPS) is 11.7. The molecule has 0 aliphatic rings. The molecule has 0 fully saturated rings. The molecule has 0 spiro atoms. The van der Waals surface area contributed by atoms with Gasteiger partial charge in [0.25, 0.3) is 11.5 Å². The summed E-state index contributed by atoms with van der Waals surface area (Å²) in [6.45, 7) is 7.97. The Morgan fingerprint density at radius 2 is 2.00 bits per heavy atom. The monoisotopic (exact) mass is 371 g/mol. The van der Waals surface area contributed by atoms with Gasteiger partial charge in [-0.1, -0.05) is 19.1 Å². The molecule has 0 bridgehead atoms. The van der Waals surface area contributed by atoms with Gasteiger partial charge < -0.3 is 0 Å².